The third-order valence-corrected chi connectivity index (χ3v) is 7.49. The molecule has 6 nitrogen and oxygen atoms in total. The van der Waals surface area contributed by atoms with Gasteiger partial charge in [-0.15, -0.1) is 11.3 Å². The molecule has 0 bridgehead atoms. The second kappa shape index (κ2) is 8.17. The van der Waals surface area contributed by atoms with Crippen LogP contribution in [0.1, 0.15) is 31.4 Å². The van der Waals surface area contributed by atoms with E-state index in [1.807, 2.05) is 36.4 Å². The van der Waals surface area contributed by atoms with Crippen LogP contribution in [0.15, 0.2) is 59.0 Å². The number of benzene rings is 2. The highest BCUT2D eigenvalue weighted by Crippen LogP contribution is 2.40. The van der Waals surface area contributed by atoms with Gasteiger partial charge in [-0.1, -0.05) is 36.4 Å². The molecule has 2 aliphatic rings. The van der Waals surface area contributed by atoms with Crippen LogP contribution in [0.2, 0.25) is 0 Å². The van der Waals surface area contributed by atoms with Crippen LogP contribution in [0.4, 0.5) is 5.69 Å². The van der Waals surface area contributed by atoms with Gasteiger partial charge in [-0.3, -0.25) is 9.59 Å². The van der Waals surface area contributed by atoms with Crippen LogP contribution < -0.4 is 5.32 Å². The molecule has 1 N–H and O–H groups in total. The molecule has 1 fully saturated rings. The Labute approximate surface area is 194 Å². The highest BCUT2D eigenvalue weighted by Gasteiger charge is 2.29. The third kappa shape index (κ3) is 3.53. The fourth-order valence-corrected chi connectivity index (χ4v) is 5.75. The highest BCUT2D eigenvalue weighted by atomic mass is 32.1. The summed E-state index contributed by atoms with van der Waals surface area (Å²) in [5.74, 6) is -0.295. The molecule has 0 atom stereocenters. The first-order valence-corrected chi connectivity index (χ1v) is 11.9. The van der Waals surface area contributed by atoms with E-state index in [4.69, 9.17) is 9.15 Å². The number of aryl methyl sites for hydroxylation is 2. The minimum atomic E-state index is -0.232. The molecule has 2 aromatic carbocycles. The van der Waals surface area contributed by atoms with Crippen LogP contribution in [-0.2, 0) is 17.6 Å². The summed E-state index contributed by atoms with van der Waals surface area (Å²) < 4.78 is 11.3. The fraction of sp³-hybridized carbons (Fsp3) is 0.231. The topological polar surface area (TPSA) is 71.8 Å². The molecule has 33 heavy (non-hydrogen) atoms. The fourth-order valence-electron chi connectivity index (χ4n) is 4.59. The van der Waals surface area contributed by atoms with Crippen molar-refractivity contribution in [3.05, 3.63) is 76.4 Å². The molecular formula is C26H22N2O4S. The van der Waals surface area contributed by atoms with E-state index in [0.717, 1.165) is 17.7 Å². The van der Waals surface area contributed by atoms with Crippen LogP contribution in [0.25, 0.3) is 21.4 Å². The Kier molecular flexibility index (Phi) is 5.00. The maximum Gasteiger partial charge on any atom is 0.291 e. The Morgan fingerprint density at radius 2 is 1.70 bits per heavy atom. The number of thiophene rings is 1. The monoisotopic (exact) mass is 458 g/mol. The Morgan fingerprint density at radius 3 is 2.58 bits per heavy atom. The summed E-state index contributed by atoms with van der Waals surface area (Å²) in [4.78, 5) is 30.1. The zero-order valence-corrected chi connectivity index (χ0v) is 18.7. The summed E-state index contributed by atoms with van der Waals surface area (Å²) in [6.07, 6.45) is 1.90. The Hall–Kier alpha value is -3.42. The molecule has 1 aliphatic carbocycles. The van der Waals surface area contributed by atoms with E-state index in [0.29, 0.717) is 47.8 Å². The molecular weight excluding hydrogens is 436 g/mol. The largest absolute Gasteiger partial charge is 0.449 e. The van der Waals surface area contributed by atoms with Crippen LogP contribution in [0.3, 0.4) is 0 Å². The molecule has 0 saturated carbocycles. The first kappa shape index (κ1) is 20.2. The molecule has 4 aromatic rings. The van der Waals surface area contributed by atoms with E-state index < -0.39 is 0 Å². The summed E-state index contributed by atoms with van der Waals surface area (Å²) in [5.41, 5.74) is 4.73. The van der Waals surface area contributed by atoms with Crippen molar-refractivity contribution in [1.82, 2.24) is 4.90 Å². The predicted octanol–water partition coefficient (Wildman–Crippen LogP) is 4.98. The number of furan rings is 1. The number of rotatable bonds is 3. The quantitative estimate of drug-likeness (QED) is 0.470. The number of amides is 2. The number of carbonyl (C=O) groups excluding carboxylic acids is 2. The summed E-state index contributed by atoms with van der Waals surface area (Å²) in [6, 6.07) is 17.7. The molecule has 7 heteroatoms. The summed E-state index contributed by atoms with van der Waals surface area (Å²) in [7, 11) is 0. The van der Waals surface area contributed by atoms with Gasteiger partial charge in [-0.05, 0) is 47.7 Å². The molecule has 0 radical (unpaired) electrons. The zero-order chi connectivity index (χ0) is 22.4. The SMILES string of the molecule is O=C(Nc1c(C(=O)N2CCOCC2)oc2ccccc12)c1cc2c(s1)-c1ccccc1CC2. The Bertz CT molecular complexity index is 1380. The van der Waals surface area contributed by atoms with E-state index in [9.17, 15) is 9.59 Å². The van der Waals surface area contributed by atoms with Crippen LogP contribution in [0.5, 0.6) is 0 Å². The molecule has 2 aromatic heterocycles. The van der Waals surface area contributed by atoms with E-state index in [-0.39, 0.29) is 17.6 Å². The lowest BCUT2D eigenvalue weighted by Crippen LogP contribution is -2.40. The van der Waals surface area contributed by atoms with Gasteiger partial charge in [0.2, 0.25) is 5.76 Å². The minimum Gasteiger partial charge on any atom is -0.449 e. The number of para-hydroxylation sites is 1. The van der Waals surface area contributed by atoms with Crippen molar-refractivity contribution in [2.45, 2.75) is 12.8 Å². The number of hydrogen-bond acceptors (Lipinski definition) is 5. The van der Waals surface area contributed by atoms with Gasteiger partial charge in [-0.25, -0.2) is 0 Å². The number of ether oxygens (including phenoxy) is 1. The van der Waals surface area contributed by atoms with Gasteiger partial charge < -0.3 is 19.4 Å². The molecule has 1 saturated heterocycles. The Balaban J connectivity index is 1.35. The number of nitrogens with one attached hydrogen (secondary N) is 1. The van der Waals surface area contributed by atoms with Crippen LogP contribution in [0, 0.1) is 0 Å². The number of carbonyl (C=O) groups is 2. The predicted molar refractivity (Wildman–Crippen MR) is 128 cm³/mol. The van der Waals surface area contributed by atoms with Crippen molar-refractivity contribution in [2.24, 2.45) is 0 Å². The van der Waals surface area contributed by atoms with E-state index >= 15 is 0 Å². The van der Waals surface area contributed by atoms with Crippen molar-refractivity contribution in [3.8, 4) is 10.4 Å². The molecule has 1 aliphatic heterocycles. The first-order valence-electron chi connectivity index (χ1n) is 11.1. The van der Waals surface area contributed by atoms with Crippen molar-refractivity contribution in [1.29, 1.82) is 0 Å². The highest BCUT2D eigenvalue weighted by molar-refractivity contribution is 7.17. The van der Waals surface area contributed by atoms with Crippen molar-refractivity contribution >= 4 is 39.8 Å². The van der Waals surface area contributed by atoms with E-state index in [2.05, 4.69) is 23.5 Å². The summed E-state index contributed by atoms with van der Waals surface area (Å²) in [5, 5.41) is 3.72. The third-order valence-electron chi connectivity index (χ3n) is 6.29. The first-order chi connectivity index (χ1) is 16.2. The van der Waals surface area contributed by atoms with Gasteiger partial charge >= 0.3 is 0 Å². The number of nitrogens with zero attached hydrogens (tertiary/aromatic N) is 1. The van der Waals surface area contributed by atoms with E-state index in [1.165, 1.54) is 28.0 Å². The van der Waals surface area contributed by atoms with Crippen molar-refractivity contribution < 1.29 is 18.7 Å². The standard InChI is InChI=1S/C26H22N2O4S/c29-25(21-15-17-10-9-16-5-1-2-6-18(16)24(17)33-21)27-22-19-7-3-4-8-20(19)32-23(22)26(30)28-11-13-31-14-12-28/h1-8,15H,9-14H2,(H,27,29). The summed E-state index contributed by atoms with van der Waals surface area (Å²) in [6.45, 7) is 1.99. The van der Waals surface area contributed by atoms with Crippen molar-refractivity contribution in [2.75, 3.05) is 31.6 Å². The van der Waals surface area contributed by atoms with Gasteiger partial charge in [0.05, 0.1) is 18.1 Å². The van der Waals surface area contributed by atoms with Crippen LogP contribution >= 0.6 is 11.3 Å². The molecule has 0 unspecified atom stereocenters. The number of fused-ring (bicyclic) bond motifs is 4. The maximum absolute atomic E-state index is 13.3. The summed E-state index contributed by atoms with van der Waals surface area (Å²) >= 11 is 1.50. The van der Waals surface area contributed by atoms with Crippen LogP contribution in [-0.4, -0.2) is 43.0 Å². The number of anilines is 1. The van der Waals surface area contributed by atoms with Crippen molar-refractivity contribution in [3.63, 3.8) is 0 Å². The van der Waals surface area contributed by atoms with Gasteiger partial charge in [0.1, 0.15) is 11.3 Å². The lowest BCUT2D eigenvalue weighted by Gasteiger charge is -2.26. The van der Waals surface area contributed by atoms with Gasteiger partial charge in [0.15, 0.2) is 0 Å². The lowest BCUT2D eigenvalue weighted by molar-refractivity contribution is 0.0285. The number of morpholine rings is 1. The van der Waals surface area contributed by atoms with E-state index in [1.54, 1.807) is 4.90 Å². The molecule has 166 valence electrons. The molecule has 3 heterocycles. The average molecular weight is 459 g/mol. The van der Waals surface area contributed by atoms with Gasteiger partial charge in [-0.2, -0.15) is 0 Å². The zero-order valence-electron chi connectivity index (χ0n) is 17.9. The smallest absolute Gasteiger partial charge is 0.291 e. The number of hydrogen-bond donors (Lipinski definition) is 1. The molecule has 2 amide bonds. The second-order valence-corrected chi connectivity index (χ2v) is 9.34. The average Bonchev–Trinajstić information content (AvgIpc) is 3.46. The Morgan fingerprint density at radius 1 is 0.939 bits per heavy atom. The molecule has 6 rings (SSSR count). The van der Waals surface area contributed by atoms with Gasteiger partial charge in [0, 0.05) is 23.4 Å². The lowest BCUT2D eigenvalue weighted by atomic mass is 9.91. The minimum absolute atomic E-state index is 0.165. The maximum atomic E-state index is 13.3. The van der Waals surface area contributed by atoms with Gasteiger partial charge in [0.25, 0.3) is 11.8 Å². The second-order valence-electron chi connectivity index (χ2n) is 8.28. The normalized spacial score (nSPS) is 15.2. The molecule has 0 spiro atoms.